The molecule has 0 radical (unpaired) electrons. The van der Waals surface area contributed by atoms with Crippen molar-refractivity contribution < 1.29 is 31.1 Å². The Kier molecular flexibility index (Phi) is 9.36. The van der Waals surface area contributed by atoms with E-state index in [9.17, 15) is 21.6 Å². The van der Waals surface area contributed by atoms with Crippen molar-refractivity contribution in [2.24, 2.45) is 0 Å². The molecule has 0 aliphatic heterocycles. The molecule has 10 nitrogen and oxygen atoms in total. The third-order valence-corrected chi connectivity index (χ3v) is 8.63. The van der Waals surface area contributed by atoms with Crippen LogP contribution in [0.4, 0.5) is 5.69 Å². The topological polar surface area (TPSA) is 131 Å². The van der Waals surface area contributed by atoms with Crippen molar-refractivity contribution in [3.05, 3.63) is 77.9 Å². The zero-order valence-corrected chi connectivity index (χ0v) is 23.2. The molecule has 2 N–H and O–H groups in total. The maximum Gasteiger partial charge on any atom is 0.261 e. The first-order valence-corrected chi connectivity index (χ1v) is 14.6. The minimum absolute atomic E-state index is 0.0559. The Morgan fingerprint density at radius 1 is 0.868 bits per heavy atom. The second-order valence-electron chi connectivity index (χ2n) is 8.49. The van der Waals surface area contributed by atoms with Crippen LogP contribution in [0.15, 0.2) is 76.5 Å². The quantitative estimate of drug-likeness (QED) is 0.347. The lowest BCUT2D eigenvalue weighted by atomic mass is 10.2. The van der Waals surface area contributed by atoms with Crippen molar-refractivity contribution in [2.45, 2.75) is 30.2 Å². The van der Waals surface area contributed by atoms with Gasteiger partial charge in [-0.05, 0) is 79.6 Å². The van der Waals surface area contributed by atoms with Crippen LogP contribution in [0, 0.1) is 6.92 Å². The zero-order chi connectivity index (χ0) is 27.9. The van der Waals surface area contributed by atoms with Crippen molar-refractivity contribution in [1.29, 1.82) is 0 Å². The molecule has 3 aromatic carbocycles. The molecule has 0 aromatic heterocycles. The van der Waals surface area contributed by atoms with Gasteiger partial charge in [-0.25, -0.2) is 21.1 Å². The Balaban J connectivity index is 1.54. The Morgan fingerprint density at radius 2 is 1.50 bits per heavy atom. The highest BCUT2D eigenvalue weighted by atomic mass is 32.2. The number of carbonyl (C=O) groups excluding carboxylic acids is 1. The molecule has 0 aliphatic rings. The molecule has 0 fully saturated rings. The summed E-state index contributed by atoms with van der Waals surface area (Å²) in [5, 5.41) is 2.71. The van der Waals surface area contributed by atoms with Crippen LogP contribution in [0.3, 0.4) is 0 Å². The van der Waals surface area contributed by atoms with Crippen LogP contribution in [0.5, 0.6) is 11.5 Å². The minimum atomic E-state index is -3.83. The first kappa shape index (κ1) is 29.0. The van der Waals surface area contributed by atoms with Gasteiger partial charge in [0.25, 0.3) is 15.9 Å². The number of ether oxygens (including phenoxy) is 2. The van der Waals surface area contributed by atoms with E-state index in [-0.39, 0.29) is 28.8 Å². The fraction of sp³-hybridized carbons (Fsp3) is 0.269. The molecule has 204 valence electrons. The van der Waals surface area contributed by atoms with E-state index in [1.807, 2.05) is 6.92 Å². The van der Waals surface area contributed by atoms with Crippen LogP contribution in [0.25, 0.3) is 0 Å². The normalized spacial score (nSPS) is 11.7. The summed E-state index contributed by atoms with van der Waals surface area (Å²) in [5.41, 5.74) is 1.67. The van der Waals surface area contributed by atoms with Gasteiger partial charge in [-0.2, -0.15) is 0 Å². The molecule has 0 atom stereocenters. The van der Waals surface area contributed by atoms with Gasteiger partial charge in [0.1, 0.15) is 11.5 Å². The average molecular weight is 562 g/mol. The van der Waals surface area contributed by atoms with Gasteiger partial charge in [-0.1, -0.05) is 12.1 Å². The first-order valence-electron chi connectivity index (χ1n) is 11.7. The van der Waals surface area contributed by atoms with Crippen molar-refractivity contribution in [2.75, 3.05) is 32.0 Å². The largest absolute Gasteiger partial charge is 0.494 e. The number of sulfonamides is 2. The molecule has 3 rings (SSSR count). The third-order valence-electron chi connectivity index (χ3n) is 5.42. The van der Waals surface area contributed by atoms with Crippen molar-refractivity contribution in [3.8, 4) is 11.5 Å². The van der Waals surface area contributed by atoms with E-state index in [1.165, 1.54) is 44.4 Å². The number of hydrogen-bond donors (Lipinski definition) is 2. The highest BCUT2D eigenvalue weighted by molar-refractivity contribution is 7.92. The smallest absolute Gasteiger partial charge is 0.261 e. The van der Waals surface area contributed by atoms with E-state index in [2.05, 4.69) is 10.0 Å². The SMILES string of the molecule is CCOc1ccc(NS(=O)(=O)c2ccc(OCC(=O)NCc3ccc(S(=O)(=O)N(C)C)cc3)c(C)c2)cc1. The van der Waals surface area contributed by atoms with Gasteiger partial charge in [0.15, 0.2) is 6.61 Å². The summed E-state index contributed by atoms with van der Waals surface area (Å²) < 4.78 is 64.5. The van der Waals surface area contributed by atoms with Gasteiger partial charge >= 0.3 is 0 Å². The summed E-state index contributed by atoms with van der Waals surface area (Å²) in [7, 11) is -4.44. The van der Waals surface area contributed by atoms with E-state index < -0.39 is 20.0 Å². The van der Waals surface area contributed by atoms with Crippen LogP contribution in [0.1, 0.15) is 18.1 Å². The summed E-state index contributed by atoms with van der Waals surface area (Å²) in [6, 6.07) is 17.2. The van der Waals surface area contributed by atoms with Crippen molar-refractivity contribution in [3.63, 3.8) is 0 Å². The van der Waals surface area contributed by atoms with Gasteiger partial charge in [-0.3, -0.25) is 9.52 Å². The molecule has 12 heteroatoms. The molecule has 0 saturated heterocycles. The molecule has 3 aromatic rings. The van der Waals surface area contributed by atoms with Gasteiger partial charge in [0.05, 0.1) is 16.4 Å². The number of amides is 1. The van der Waals surface area contributed by atoms with Crippen LogP contribution < -0.4 is 19.5 Å². The molecule has 0 heterocycles. The first-order chi connectivity index (χ1) is 17.9. The molecule has 0 bridgehead atoms. The Hall–Kier alpha value is -3.61. The minimum Gasteiger partial charge on any atom is -0.494 e. The van der Waals surface area contributed by atoms with Crippen molar-refractivity contribution >= 4 is 31.6 Å². The molecule has 1 amide bonds. The number of aryl methyl sites for hydroxylation is 1. The second kappa shape index (κ2) is 12.3. The number of nitrogens with zero attached hydrogens (tertiary/aromatic N) is 1. The lowest BCUT2D eigenvalue weighted by Gasteiger charge is -2.13. The highest BCUT2D eigenvalue weighted by Gasteiger charge is 2.18. The molecule has 0 saturated carbocycles. The van der Waals surface area contributed by atoms with Crippen LogP contribution >= 0.6 is 0 Å². The summed E-state index contributed by atoms with van der Waals surface area (Å²) in [6.07, 6.45) is 0. The predicted molar refractivity (Wildman–Crippen MR) is 144 cm³/mol. The summed E-state index contributed by atoms with van der Waals surface area (Å²) in [5.74, 6) is 0.631. The zero-order valence-electron chi connectivity index (χ0n) is 21.6. The Labute approximate surface area is 223 Å². The average Bonchev–Trinajstić information content (AvgIpc) is 2.88. The van der Waals surface area contributed by atoms with Gasteiger partial charge < -0.3 is 14.8 Å². The molecule has 38 heavy (non-hydrogen) atoms. The lowest BCUT2D eigenvalue weighted by molar-refractivity contribution is -0.123. The van der Waals surface area contributed by atoms with Crippen LogP contribution in [-0.2, 0) is 31.4 Å². The number of hydrogen-bond acceptors (Lipinski definition) is 7. The number of anilines is 1. The van der Waals surface area contributed by atoms with E-state index in [4.69, 9.17) is 9.47 Å². The summed E-state index contributed by atoms with van der Waals surface area (Å²) >= 11 is 0. The molecule has 0 spiro atoms. The highest BCUT2D eigenvalue weighted by Crippen LogP contribution is 2.24. The van der Waals surface area contributed by atoms with E-state index >= 15 is 0 Å². The monoisotopic (exact) mass is 561 g/mol. The maximum absolute atomic E-state index is 12.8. The van der Waals surface area contributed by atoms with Gasteiger partial charge in [-0.15, -0.1) is 0 Å². The van der Waals surface area contributed by atoms with Gasteiger partial charge in [0, 0.05) is 26.3 Å². The Bertz CT molecular complexity index is 1470. The van der Waals surface area contributed by atoms with Gasteiger partial charge in [0.2, 0.25) is 10.0 Å². The fourth-order valence-corrected chi connectivity index (χ4v) is 5.38. The third kappa shape index (κ3) is 7.46. The fourth-order valence-electron chi connectivity index (χ4n) is 3.34. The Morgan fingerprint density at radius 3 is 2.08 bits per heavy atom. The number of carbonyl (C=O) groups is 1. The van der Waals surface area contributed by atoms with Crippen LogP contribution in [0.2, 0.25) is 0 Å². The standard InChI is InChI=1S/C26H31N3O7S2/c1-5-35-22-10-8-21(9-11-22)28-37(31,32)24-14-15-25(19(2)16-24)36-18-26(30)27-17-20-6-12-23(13-7-20)38(33,34)29(3)4/h6-16,28H,5,17-18H2,1-4H3,(H,27,30). The number of benzene rings is 3. The van der Waals surface area contributed by atoms with E-state index in [0.717, 1.165) is 9.87 Å². The van der Waals surface area contributed by atoms with Crippen molar-refractivity contribution in [1.82, 2.24) is 9.62 Å². The summed E-state index contributed by atoms with van der Waals surface area (Å²) in [6.45, 7) is 3.98. The maximum atomic E-state index is 12.8. The molecular formula is C26H31N3O7S2. The summed E-state index contributed by atoms with van der Waals surface area (Å²) in [4.78, 5) is 12.5. The van der Waals surface area contributed by atoms with E-state index in [1.54, 1.807) is 43.3 Å². The van der Waals surface area contributed by atoms with E-state index in [0.29, 0.717) is 29.4 Å². The predicted octanol–water partition coefficient (Wildman–Crippen LogP) is 3.14. The molecule has 0 unspecified atom stereocenters. The lowest BCUT2D eigenvalue weighted by Crippen LogP contribution is -2.28. The van der Waals surface area contributed by atoms with Crippen LogP contribution in [-0.4, -0.2) is 54.4 Å². The second-order valence-corrected chi connectivity index (χ2v) is 12.3. The number of rotatable bonds is 12. The molecular weight excluding hydrogens is 530 g/mol. The molecule has 0 aliphatic carbocycles. The number of nitrogens with one attached hydrogen (secondary N) is 2.